The molecule has 0 amide bonds. The standard InChI is InChI=1S/C10H13N5OS2/c1-11-9-14-13-8(18-9)7-6-12-10(17-7)15-2-4-16-5-3-15/h6H,2-5H2,1H3,(H,11,14). The van der Waals surface area contributed by atoms with Crippen LogP contribution in [0.2, 0.25) is 0 Å². The summed E-state index contributed by atoms with van der Waals surface area (Å²) in [6.07, 6.45) is 1.87. The van der Waals surface area contributed by atoms with Crippen LogP contribution in [0.15, 0.2) is 6.20 Å². The summed E-state index contributed by atoms with van der Waals surface area (Å²) < 4.78 is 5.34. The number of hydrogen-bond donors (Lipinski definition) is 1. The molecule has 1 fully saturated rings. The highest BCUT2D eigenvalue weighted by molar-refractivity contribution is 7.25. The van der Waals surface area contributed by atoms with E-state index in [0.717, 1.165) is 46.5 Å². The first-order valence-electron chi connectivity index (χ1n) is 5.67. The number of morpholine rings is 1. The van der Waals surface area contributed by atoms with Crippen LogP contribution in [0, 0.1) is 0 Å². The summed E-state index contributed by atoms with van der Waals surface area (Å²) in [5.74, 6) is 0. The predicted octanol–water partition coefficient (Wildman–Crippen LogP) is 1.54. The van der Waals surface area contributed by atoms with Crippen LogP contribution in [0.25, 0.3) is 9.88 Å². The summed E-state index contributed by atoms with van der Waals surface area (Å²) in [6.45, 7) is 3.37. The molecule has 0 atom stereocenters. The second-order valence-corrected chi connectivity index (χ2v) is 5.76. The molecule has 2 aromatic rings. The van der Waals surface area contributed by atoms with Crippen molar-refractivity contribution in [3.63, 3.8) is 0 Å². The highest BCUT2D eigenvalue weighted by Gasteiger charge is 2.16. The maximum absolute atomic E-state index is 5.34. The summed E-state index contributed by atoms with van der Waals surface area (Å²) in [6, 6.07) is 0. The van der Waals surface area contributed by atoms with Gasteiger partial charge >= 0.3 is 0 Å². The number of hydrogen-bond acceptors (Lipinski definition) is 8. The maximum Gasteiger partial charge on any atom is 0.205 e. The lowest BCUT2D eigenvalue weighted by Crippen LogP contribution is -2.36. The molecule has 18 heavy (non-hydrogen) atoms. The van der Waals surface area contributed by atoms with Gasteiger partial charge in [-0.3, -0.25) is 0 Å². The van der Waals surface area contributed by atoms with Crippen molar-refractivity contribution >= 4 is 32.9 Å². The molecule has 0 unspecified atom stereocenters. The average Bonchev–Trinajstić information content (AvgIpc) is 3.08. The number of nitrogens with one attached hydrogen (secondary N) is 1. The van der Waals surface area contributed by atoms with Crippen molar-refractivity contribution in [2.45, 2.75) is 0 Å². The molecule has 2 aromatic heterocycles. The lowest BCUT2D eigenvalue weighted by Gasteiger charge is -2.25. The Morgan fingerprint density at radius 2 is 2.11 bits per heavy atom. The largest absolute Gasteiger partial charge is 0.378 e. The highest BCUT2D eigenvalue weighted by Crippen LogP contribution is 2.34. The van der Waals surface area contributed by atoms with Crippen molar-refractivity contribution in [3.8, 4) is 9.88 Å². The first-order valence-corrected chi connectivity index (χ1v) is 7.30. The number of nitrogens with zero attached hydrogens (tertiary/aromatic N) is 4. The van der Waals surface area contributed by atoms with Crippen LogP contribution in [0.5, 0.6) is 0 Å². The van der Waals surface area contributed by atoms with Gasteiger partial charge in [0.25, 0.3) is 0 Å². The third-order valence-corrected chi connectivity index (χ3v) is 4.79. The van der Waals surface area contributed by atoms with E-state index < -0.39 is 0 Å². The normalized spacial score (nSPS) is 15.9. The van der Waals surface area contributed by atoms with E-state index in [4.69, 9.17) is 4.74 Å². The lowest BCUT2D eigenvalue weighted by atomic mass is 10.5. The molecule has 1 aliphatic rings. The second kappa shape index (κ2) is 5.17. The molecule has 0 aromatic carbocycles. The molecule has 0 radical (unpaired) electrons. The van der Waals surface area contributed by atoms with E-state index in [1.54, 1.807) is 11.3 Å². The third-order valence-electron chi connectivity index (χ3n) is 2.62. The van der Waals surface area contributed by atoms with Gasteiger partial charge in [-0.2, -0.15) is 0 Å². The lowest BCUT2D eigenvalue weighted by molar-refractivity contribution is 0.122. The molecule has 1 saturated heterocycles. The van der Waals surface area contributed by atoms with Crippen molar-refractivity contribution < 1.29 is 4.74 Å². The molecule has 6 nitrogen and oxygen atoms in total. The molecule has 0 aliphatic carbocycles. The molecular formula is C10H13N5OS2. The van der Waals surface area contributed by atoms with Crippen LogP contribution in [0.4, 0.5) is 10.3 Å². The minimum absolute atomic E-state index is 0.775. The van der Waals surface area contributed by atoms with Crippen LogP contribution in [-0.2, 0) is 4.74 Å². The minimum Gasteiger partial charge on any atom is -0.378 e. The summed E-state index contributed by atoms with van der Waals surface area (Å²) in [5.41, 5.74) is 0. The van der Waals surface area contributed by atoms with E-state index in [1.165, 1.54) is 11.3 Å². The minimum atomic E-state index is 0.775. The summed E-state index contributed by atoms with van der Waals surface area (Å²) in [4.78, 5) is 7.77. The molecular weight excluding hydrogens is 270 g/mol. The number of aromatic nitrogens is 3. The molecule has 0 bridgehead atoms. The SMILES string of the molecule is CNc1nnc(-c2cnc(N3CCOCC3)s2)s1. The second-order valence-electron chi connectivity index (χ2n) is 3.77. The molecule has 0 spiro atoms. The van der Waals surface area contributed by atoms with Crippen LogP contribution in [0.1, 0.15) is 0 Å². The van der Waals surface area contributed by atoms with Crippen LogP contribution >= 0.6 is 22.7 Å². The van der Waals surface area contributed by atoms with Crippen LogP contribution in [0.3, 0.4) is 0 Å². The van der Waals surface area contributed by atoms with E-state index >= 15 is 0 Å². The van der Waals surface area contributed by atoms with E-state index in [0.29, 0.717) is 0 Å². The Balaban J connectivity index is 1.79. The molecule has 8 heteroatoms. The number of ether oxygens (including phenoxy) is 1. The maximum atomic E-state index is 5.34. The zero-order valence-electron chi connectivity index (χ0n) is 9.92. The van der Waals surface area contributed by atoms with Gasteiger partial charge in [0, 0.05) is 20.1 Å². The fourth-order valence-electron chi connectivity index (χ4n) is 1.69. The summed E-state index contributed by atoms with van der Waals surface area (Å²) in [5, 5.41) is 13.9. The van der Waals surface area contributed by atoms with E-state index in [1.807, 2.05) is 13.2 Å². The first-order chi connectivity index (χ1) is 8.86. The van der Waals surface area contributed by atoms with E-state index in [9.17, 15) is 0 Å². The Morgan fingerprint density at radius 1 is 1.28 bits per heavy atom. The van der Waals surface area contributed by atoms with E-state index in [-0.39, 0.29) is 0 Å². The smallest absolute Gasteiger partial charge is 0.205 e. The van der Waals surface area contributed by atoms with Gasteiger partial charge in [-0.05, 0) is 0 Å². The fourth-order valence-corrected chi connectivity index (χ4v) is 3.39. The number of thiazole rings is 1. The van der Waals surface area contributed by atoms with Crippen molar-refractivity contribution in [2.24, 2.45) is 0 Å². The van der Waals surface area contributed by atoms with Gasteiger partial charge in [0.15, 0.2) is 10.1 Å². The molecule has 1 aliphatic heterocycles. The van der Waals surface area contributed by atoms with E-state index in [2.05, 4.69) is 25.4 Å². The van der Waals surface area contributed by atoms with Crippen molar-refractivity contribution in [2.75, 3.05) is 43.6 Å². The van der Waals surface area contributed by atoms with Gasteiger partial charge in [0.1, 0.15) is 0 Å². The monoisotopic (exact) mass is 283 g/mol. The van der Waals surface area contributed by atoms with Gasteiger partial charge < -0.3 is 15.0 Å². The van der Waals surface area contributed by atoms with Crippen molar-refractivity contribution in [1.29, 1.82) is 0 Å². The summed E-state index contributed by atoms with van der Waals surface area (Å²) >= 11 is 3.20. The first kappa shape index (κ1) is 11.8. The van der Waals surface area contributed by atoms with Crippen LogP contribution < -0.4 is 10.2 Å². The Labute approximate surface area is 113 Å². The number of anilines is 2. The van der Waals surface area contributed by atoms with Gasteiger partial charge in [-0.1, -0.05) is 22.7 Å². The van der Waals surface area contributed by atoms with Gasteiger partial charge in [0.05, 0.1) is 24.3 Å². The zero-order valence-corrected chi connectivity index (χ0v) is 11.6. The fraction of sp³-hybridized carbons (Fsp3) is 0.500. The highest BCUT2D eigenvalue weighted by atomic mass is 32.1. The topological polar surface area (TPSA) is 63.2 Å². The quantitative estimate of drug-likeness (QED) is 0.922. The van der Waals surface area contributed by atoms with Crippen molar-refractivity contribution in [3.05, 3.63) is 6.20 Å². The van der Waals surface area contributed by atoms with Gasteiger partial charge in [-0.25, -0.2) is 4.98 Å². The zero-order chi connectivity index (χ0) is 12.4. The van der Waals surface area contributed by atoms with Crippen molar-refractivity contribution in [1.82, 2.24) is 15.2 Å². The molecule has 3 heterocycles. The Morgan fingerprint density at radius 3 is 2.83 bits per heavy atom. The molecule has 0 saturated carbocycles. The third kappa shape index (κ3) is 2.31. The Kier molecular flexibility index (Phi) is 3.39. The average molecular weight is 283 g/mol. The molecule has 1 N–H and O–H groups in total. The van der Waals surface area contributed by atoms with Gasteiger partial charge in [-0.15, -0.1) is 10.2 Å². The predicted molar refractivity (Wildman–Crippen MR) is 73.6 cm³/mol. The van der Waals surface area contributed by atoms with Gasteiger partial charge in [0.2, 0.25) is 5.13 Å². The summed E-state index contributed by atoms with van der Waals surface area (Å²) in [7, 11) is 1.84. The Bertz CT molecular complexity index is 520. The molecule has 96 valence electrons. The number of rotatable bonds is 3. The Hall–Kier alpha value is -1.25. The molecule has 3 rings (SSSR count). The van der Waals surface area contributed by atoms with Crippen LogP contribution in [-0.4, -0.2) is 48.5 Å².